The maximum Gasteiger partial charge on any atom is 1.00 e. The van der Waals surface area contributed by atoms with Crippen LogP contribution < -0.4 is 47.2 Å². The van der Waals surface area contributed by atoms with Crippen molar-refractivity contribution in [3.05, 3.63) is 60.7 Å². The molecule has 0 spiro atoms. The zero-order valence-corrected chi connectivity index (χ0v) is 12.6. The van der Waals surface area contributed by atoms with Gasteiger partial charge in [-0.2, -0.15) is 36.4 Å². The minimum atomic E-state index is -0.0581. The van der Waals surface area contributed by atoms with Crippen molar-refractivity contribution in [3.8, 4) is 11.5 Å². The topological polar surface area (TPSA) is 18.5 Å². The van der Waals surface area contributed by atoms with E-state index >= 15 is 0 Å². The van der Waals surface area contributed by atoms with Crippen LogP contribution >= 0.6 is 0 Å². The van der Waals surface area contributed by atoms with Gasteiger partial charge in [0.25, 0.3) is 0 Å². The van der Waals surface area contributed by atoms with E-state index < -0.39 is 0 Å². The summed E-state index contributed by atoms with van der Waals surface area (Å²) < 4.78 is 11.5. The Morgan fingerprint density at radius 1 is 0.750 bits per heavy atom. The van der Waals surface area contributed by atoms with Crippen molar-refractivity contribution in [2.45, 2.75) is 26.1 Å². The predicted molar refractivity (Wildman–Crippen MR) is 70.7 cm³/mol. The second-order valence-corrected chi connectivity index (χ2v) is 4.10. The van der Waals surface area contributed by atoms with Crippen LogP contribution in [0.5, 0.6) is 11.5 Å². The molecule has 0 aliphatic heterocycles. The Morgan fingerprint density at radius 3 is 1.45 bits per heavy atom. The van der Waals surface area contributed by atoms with Crippen LogP contribution in [0.4, 0.5) is 0 Å². The van der Waals surface area contributed by atoms with E-state index in [1.807, 2.05) is 62.4 Å². The van der Waals surface area contributed by atoms with Crippen LogP contribution in [0, 0.1) is 12.1 Å². The first-order valence-corrected chi connectivity index (χ1v) is 6.02. The number of benzene rings is 2. The fourth-order valence-electron chi connectivity index (χ4n) is 1.49. The fourth-order valence-corrected chi connectivity index (χ4v) is 1.49. The standard InChI is InChI=1S/C16H16O2.2Li/c1-13(17-15-9-5-3-6-10-15)14(2)18-16-11-7-4-8-12-16;;/h3-9,11,13-14H,1-2H3;;/q-2;2*+1. The summed E-state index contributed by atoms with van der Waals surface area (Å²) >= 11 is 0. The summed E-state index contributed by atoms with van der Waals surface area (Å²) in [6.45, 7) is 3.96. The van der Waals surface area contributed by atoms with E-state index in [-0.39, 0.29) is 49.9 Å². The first kappa shape index (κ1) is 19.2. The molecule has 2 atom stereocenters. The van der Waals surface area contributed by atoms with Crippen LogP contribution in [0.15, 0.2) is 48.5 Å². The summed E-state index contributed by atoms with van der Waals surface area (Å²) in [7, 11) is 0. The average Bonchev–Trinajstić information content (AvgIpc) is 2.41. The molecule has 0 aromatic heterocycles. The summed E-state index contributed by atoms with van der Waals surface area (Å²) in [5, 5.41) is 0. The SMILES string of the molecule is CC(Oc1[c-]cccc1)C(C)Oc1[c-]cccc1.[Li+].[Li+]. The van der Waals surface area contributed by atoms with Gasteiger partial charge in [0.1, 0.15) is 12.2 Å². The molecule has 0 amide bonds. The van der Waals surface area contributed by atoms with E-state index in [1.165, 1.54) is 0 Å². The van der Waals surface area contributed by atoms with Crippen LogP contribution in [0.1, 0.15) is 13.8 Å². The van der Waals surface area contributed by atoms with Gasteiger partial charge in [-0.1, -0.05) is 0 Å². The van der Waals surface area contributed by atoms with Crippen molar-refractivity contribution >= 4 is 0 Å². The van der Waals surface area contributed by atoms with Gasteiger partial charge in [0.2, 0.25) is 0 Å². The van der Waals surface area contributed by atoms with Crippen LogP contribution in [-0.2, 0) is 0 Å². The van der Waals surface area contributed by atoms with Crippen LogP contribution in [0.25, 0.3) is 0 Å². The Kier molecular flexibility index (Phi) is 9.65. The Bertz CT molecular complexity index is 417. The van der Waals surface area contributed by atoms with Crippen LogP contribution in [0.2, 0.25) is 0 Å². The molecule has 0 heterocycles. The van der Waals surface area contributed by atoms with Gasteiger partial charge in [-0.05, 0) is 13.8 Å². The summed E-state index contributed by atoms with van der Waals surface area (Å²) in [6, 6.07) is 21.2. The first-order valence-electron chi connectivity index (χ1n) is 6.02. The van der Waals surface area contributed by atoms with Crippen molar-refractivity contribution in [1.29, 1.82) is 0 Å². The fraction of sp³-hybridized carbons (Fsp3) is 0.250. The van der Waals surface area contributed by atoms with Crippen molar-refractivity contribution < 1.29 is 47.2 Å². The molecule has 20 heavy (non-hydrogen) atoms. The zero-order valence-electron chi connectivity index (χ0n) is 12.6. The summed E-state index contributed by atoms with van der Waals surface area (Å²) in [5.41, 5.74) is 0. The van der Waals surface area contributed by atoms with Gasteiger partial charge in [0.15, 0.2) is 0 Å². The molecule has 0 aliphatic carbocycles. The average molecular weight is 254 g/mol. The zero-order chi connectivity index (χ0) is 12.8. The van der Waals surface area contributed by atoms with Crippen molar-refractivity contribution in [2.24, 2.45) is 0 Å². The monoisotopic (exact) mass is 254 g/mol. The van der Waals surface area contributed by atoms with Gasteiger partial charge in [-0.25, -0.2) is 0 Å². The molecule has 4 heteroatoms. The van der Waals surface area contributed by atoms with E-state index in [9.17, 15) is 0 Å². The molecule has 0 bridgehead atoms. The summed E-state index contributed by atoms with van der Waals surface area (Å²) in [4.78, 5) is 0. The smallest absolute Gasteiger partial charge is 0.513 e. The third kappa shape index (κ3) is 6.12. The third-order valence-corrected chi connectivity index (χ3v) is 2.65. The predicted octanol–water partition coefficient (Wildman–Crippen LogP) is -2.47. The molecular weight excluding hydrogens is 238 g/mol. The molecule has 0 N–H and O–H groups in total. The van der Waals surface area contributed by atoms with E-state index in [1.54, 1.807) is 0 Å². The second-order valence-electron chi connectivity index (χ2n) is 4.10. The Labute approximate surface area is 145 Å². The molecule has 0 saturated heterocycles. The first-order chi connectivity index (χ1) is 8.75. The number of para-hydroxylation sites is 2. The van der Waals surface area contributed by atoms with Crippen molar-refractivity contribution in [3.63, 3.8) is 0 Å². The number of ether oxygens (including phenoxy) is 2. The van der Waals surface area contributed by atoms with Gasteiger partial charge in [0, 0.05) is 11.5 Å². The molecule has 2 nitrogen and oxygen atoms in total. The number of rotatable bonds is 5. The van der Waals surface area contributed by atoms with Gasteiger partial charge in [-0.15, -0.1) is 24.3 Å². The Morgan fingerprint density at radius 2 is 1.15 bits per heavy atom. The molecule has 94 valence electrons. The van der Waals surface area contributed by atoms with Crippen molar-refractivity contribution in [1.82, 2.24) is 0 Å². The molecule has 2 unspecified atom stereocenters. The van der Waals surface area contributed by atoms with Gasteiger partial charge in [0.05, 0.1) is 0 Å². The van der Waals surface area contributed by atoms with E-state index in [4.69, 9.17) is 9.47 Å². The Balaban J connectivity index is 0.00000180. The molecule has 0 radical (unpaired) electrons. The number of hydrogen-bond acceptors (Lipinski definition) is 2. The maximum atomic E-state index is 5.75. The van der Waals surface area contributed by atoms with E-state index in [0.717, 1.165) is 11.5 Å². The molecule has 0 aliphatic rings. The maximum absolute atomic E-state index is 5.75. The van der Waals surface area contributed by atoms with Gasteiger partial charge < -0.3 is 9.47 Å². The molecule has 0 saturated carbocycles. The molecule has 2 rings (SSSR count). The third-order valence-electron chi connectivity index (χ3n) is 2.65. The van der Waals surface area contributed by atoms with Crippen LogP contribution in [0.3, 0.4) is 0 Å². The normalized spacial score (nSPS) is 12.3. The second kappa shape index (κ2) is 10.0. The largest absolute Gasteiger partial charge is 1.00 e. The van der Waals surface area contributed by atoms with Crippen molar-refractivity contribution in [2.75, 3.05) is 0 Å². The van der Waals surface area contributed by atoms with E-state index in [2.05, 4.69) is 12.1 Å². The molecule has 2 aromatic carbocycles. The van der Waals surface area contributed by atoms with E-state index in [0.29, 0.717) is 0 Å². The molecular formula is C16H16Li2O2. The minimum absolute atomic E-state index is 0. The minimum Gasteiger partial charge on any atom is -0.513 e. The summed E-state index contributed by atoms with van der Waals surface area (Å²) in [5.74, 6) is 1.47. The number of hydrogen-bond donors (Lipinski definition) is 0. The van der Waals surface area contributed by atoms with Crippen LogP contribution in [-0.4, -0.2) is 12.2 Å². The molecule has 2 aromatic rings. The van der Waals surface area contributed by atoms with Gasteiger partial charge in [-0.3, -0.25) is 0 Å². The molecule has 0 fully saturated rings. The summed E-state index contributed by atoms with van der Waals surface area (Å²) in [6.07, 6.45) is -0.116. The Hall–Kier alpha value is -0.765. The quantitative estimate of drug-likeness (QED) is 0.435. The van der Waals surface area contributed by atoms with Gasteiger partial charge >= 0.3 is 37.7 Å².